The van der Waals surface area contributed by atoms with Crippen molar-refractivity contribution in [3.63, 3.8) is 0 Å². The second kappa shape index (κ2) is 11.7. The number of halogens is 2. The molecular formula is C31H33ClFN3O2. The maximum absolute atomic E-state index is 13.7. The smallest absolute Gasteiger partial charge is 0.227 e. The Balaban J connectivity index is 1.48. The maximum atomic E-state index is 13.7. The van der Waals surface area contributed by atoms with E-state index >= 15 is 0 Å². The number of para-hydroxylation sites is 1. The third-order valence-corrected chi connectivity index (χ3v) is 8.06. The van der Waals surface area contributed by atoms with Crippen molar-refractivity contribution in [1.29, 1.82) is 0 Å². The van der Waals surface area contributed by atoms with Crippen molar-refractivity contribution in [1.82, 2.24) is 9.80 Å². The van der Waals surface area contributed by atoms with E-state index in [0.29, 0.717) is 30.7 Å². The summed E-state index contributed by atoms with van der Waals surface area (Å²) in [4.78, 5) is 32.8. The van der Waals surface area contributed by atoms with Gasteiger partial charge in [-0.15, -0.1) is 0 Å². The van der Waals surface area contributed by atoms with Crippen molar-refractivity contribution in [2.45, 2.75) is 57.8 Å². The van der Waals surface area contributed by atoms with Gasteiger partial charge >= 0.3 is 0 Å². The molecule has 0 saturated carbocycles. The predicted molar refractivity (Wildman–Crippen MR) is 148 cm³/mol. The molecule has 0 radical (unpaired) electrons. The number of amides is 2. The van der Waals surface area contributed by atoms with Gasteiger partial charge in [-0.2, -0.15) is 0 Å². The SMILES string of the molecule is CC(=O)N1CC[C@H]2CC[C@@H](CN(C(=O)Cc3ccc(F)cc3)Cc3ccccc31)N2Cc1ccc(Cl)cc1. The molecule has 5 rings (SSSR count). The standard InChI is InChI=1S/C31H33ClFN3O2/c1-22(37)35-17-16-28-14-15-29(36(28)19-24-6-10-26(32)11-7-24)21-34(20-25-4-2-3-5-30(25)35)31(38)18-23-8-12-27(33)13-9-23/h2-13,28-29H,14-21H2,1H3/t28-,29+/m1/s1. The lowest BCUT2D eigenvalue weighted by molar-refractivity contribution is -0.132. The van der Waals surface area contributed by atoms with E-state index in [4.69, 9.17) is 11.6 Å². The summed E-state index contributed by atoms with van der Waals surface area (Å²) in [7, 11) is 0. The van der Waals surface area contributed by atoms with E-state index in [9.17, 15) is 14.0 Å². The maximum Gasteiger partial charge on any atom is 0.227 e. The second-order valence-corrected chi connectivity index (χ2v) is 10.8. The summed E-state index contributed by atoms with van der Waals surface area (Å²) in [5, 5.41) is 0.710. The Morgan fingerprint density at radius 3 is 2.32 bits per heavy atom. The van der Waals surface area contributed by atoms with Crippen LogP contribution in [0.4, 0.5) is 10.1 Å². The first kappa shape index (κ1) is 26.4. The van der Waals surface area contributed by atoms with Gasteiger partial charge in [-0.05, 0) is 66.3 Å². The molecule has 2 heterocycles. The summed E-state index contributed by atoms with van der Waals surface area (Å²) in [5.74, 6) is -0.320. The number of hydrogen-bond donors (Lipinski definition) is 0. The fraction of sp³-hybridized carbons (Fsp3) is 0.355. The number of hydrogen-bond acceptors (Lipinski definition) is 3. The summed E-state index contributed by atoms with van der Waals surface area (Å²) in [5.41, 5.74) is 3.78. The molecule has 2 bridgehead atoms. The number of carbonyl (C=O) groups excluding carboxylic acids is 2. The zero-order chi connectivity index (χ0) is 26.6. The Bertz CT molecular complexity index is 1280. The van der Waals surface area contributed by atoms with Gasteiger partial charge in [0.1, 0.15) is 5.82 Å². The Labute approximate surface area is 228 Å². The number of nitrogens with zero attached hydrogens (tertiary/aromatic N) is 3. The average molecular weight is 534 g/mol. The number of fused-ring (bicyclic) bond motifs is 3. The zero-order valence-electron chi connectivity index (χ0n) is 21.7. The molecular weight excluding hydrogens is 501 g/mol. The van der Waals surface area contributed by atoms with E-state index < -0.39 is 0 Å². The zero-order valence-corrected chi connectivity index (χ0v) is 22.4. The van der Waals surface area contributed by atoms with Crippen LogP contribution in [0.5, 0.6) is 0 Å². The molecule has 1 fully saturated rings. The highest BCUT2D eigenvalue weighted by molar-refractivity contribution is 6.30. The van der Waals surface area contributed by atoms with E-state index in [1.54, 1.807) is 19.1 Å². The van der Waals surface area contributed by atoms with E-state index in [1.807, 2.05) is 46.2 Å². The van der Waals surface area contributed by atoms with Crippen LogP contribution in [-0.2, 0) is 29.1 Å². The van der Waals surface area contributed by atoms with Crippen molar-refractivity contribution in [3.8, 4) is 0 Å². The normalized spacial score (nSPS) is 20.1. The largest absolute Gasteiger partial charge is 0.336 e. The predicted octanol–water partition coefficient (Wildman–Crippen LogP) is 5.84. The molecule has 0 spiro atoms. The van der Waals surface area contributed by atoms with Gasteiger partial charge in [0, 0.05) is 55.9 Å². The summed E-state index contributed by atoms with van der Waals surface area (Å²) in [6, 6.07) is 22.4. The Morgan fingerprint density at radius 2 is 1.58 bits per heavy atom. The van der Waals surface area contributed by atoms with E-state index in [0.717, 1.165) is 42.6 Å². The molecule has 198 valence electrons. The first-order chi connectivity index (χ1) is 18.4. The van der Waals surface area contributed by atoms with Crippen LogP contribution in [0.1, 0.15) is 42.9 Å². The molecule has 3 aromatic carbocycles. The van der Waals surface area contributed by atoms with Gasteiger partial charge in [-0.3, -0.25) is 14.5 Å². The molecule has 0 unspecified atom stereocenters. The van der Waals surface area contributed by atoms with E-state index in [2.05, 4.69) is 17.0 Å². The Kier molecular flexibility index (Phi) is 8.10. The summed E-state index contributed by atoms with van der Waals surface area (Å²) in [6.07, 6.45) is 3.07. The topological polar surface area (TPSA) is 43.9 Å². The highest BCUT2D eigenvalue weighted by atomic mass is 35.5. The van der Waals surface area contributed by atoms with Gasteiger partial charge in [0.05, 0.1) is 6.42 Å². The average Bonchev–Trinajstić information content (AvgIpc) is 3.26. The Morgan fingerprint density at radius 1 is 0.895 bits per heavy atom. The second-order valence-electron chi connectivity index (χ2n) is 10.3. The molecule has 1 saturated heterocycles. The van der Waals surface area contributed by atoms with Crippen LogP contribution in [0.3, 0.4) is 0 Å². The molecule has 2 atom stereocenters. The first-order valence-corrected chi connectivity index (χ1v) is 13.6. The lowest BCUT2D eigenvalue weighted by atomic mass is 10.1. The van der Waals surface area contributed by atoms with Gasteiger partial charge in [0.2, 0.25) is 11.8 Å². The molecule has 38 heavy (non-hydrogen) atoms. The highest BCUT2D eigenvalue weighted by Crippen LogP contribution is 2.33. The molecule has 2 aliphatic rings. The minimum atomic E-state index is -0.315. The summed E-state index contributed by atoms with van der Waals surface area (Å²) < 4.78 is 13.5. The fourth-order valence-corrected chi connectivity index (χ4v) is 5.94. The van der Waals surface area contributed by atoms with E-state index in [1.165, 1.54) is 17.7 Å². The molecule has 2 amide bonds. The minimum Gasteiger partial charge on any atom is -0.336 e. The van der Waals surface area contributed by atoms with Crippen molar-refractivity contribution in [2.75, 3.05) is 18.0 Å². The number of benzene rings is 3. The Hall–Kier alpha value is -3.22. The highest BCUT2D eigenvalue weighted by Gasteiger charge is 2.36. The monoisotopic (exact) mass is 533 g/mol. The third-order valence-electron chi connectivity index (χ3n) is 7.81. The molecule has 7 heteroatoms. The van der Waals surface area contributed by atoms with E-state index in [-0.39, 0.29) is 30.1 Å². The van der Waals surface area contributed by atoms with Gasteiger partial charge in [0.25, 0.3) is 0 Å². The molecule has 5 nitrogen and oxygen atoms in total. The molecule has 0 N–H and O–H groups in total. The minimum absolute atomic E-state index is 0.000293. The molecule has 3 aromatic rings. The van der Waals surface area contributed by atoms with Crippen molar-refractivity contribution < 1.29 is 14.0 Å². The van der Waals surface area contributed by atoms with Gasteiger partial charge in [-0.25, -0.2) is 4.39 Å². The van der Waals surface area contributed by atoms with Crippen LogP contribution in [0.15, 0.2) is 72.8 Å². The quantitative estimate of drug-likeness (QED) is 0.423. The number of rotatable bonds is 4. The van der Waals surface area contributed by atoms with Gasteiger partial charge < -0.3 is 9.80 Å². The van der Waals surface area contributed by atoms with Crippen molar-refractivity contribution in [3.05, 3.63) is 100 Å². The van der Waals surface area contributed by atoms with Crippen LogP contribution in [0, 0.1) is 5.82 Å². The molecule has 0 aromatic heterocycles. The van der Waals surface area contributed by atoms with Crippen molar-refractivity contribution >= 4 is 29.1 Å². The van der Waals surface area contributed by atoms with Crippen LogP contribution in [0.25, 0.3) is 0 Å². The molecule has 2 aliphatic heterocycles. The molecule has 0 aliphatic carbocycles. The van der Waals surface area contributed by atoms with Crippen LogP contribution in [-0.4, -0.2) is 46.8 Å². The lowest BCUT2D eigenvalue weighted by Crippen LogP contribution is -2.45. The van der Waals surface area contributed by atoms with Gasteiger partial charge in [0.15, 0.2) is 0 Å². The lowest BCUT2D eigenvalue weighted by Gasteiger charge is -2.34. The number of carbonyl (C=O) groups is 2. The summed E-state index contributed by atoms with van der Waals surface area (Å²) >= 11 is 6.13. The first-order valence-electron chi connectivity index (χ1n) is 13.3. The van der Waals surface area contributed by atoms with Crippen LogP contribution >= 0.6 is 11.6 Å². The van der Waals surface area contributed by atoms with Crippen molar-refractivity contribution in [2.24, 2.45) is 0 Å². The summed E-state index contributed by atoms with van der Waals surface area (Å²) in [6.45, 7) is 4.01. The van der Waals surface area contributed by atoms with Gasteiger partial charge in [-0.1, -0.05) is 54.1 Å². The number of anilines is 1. The van der Waals surface area contributed by atoms with Crippen LogP contribution in [0.2, 0.25) is 5.02 Å². The third kappa shape index (κ3) is 6.08. The fourth-order valence-electron chi connectivity index (χ4n) is 5.82. The van der Waals surface area contributed by atoms with Crippen LogP contribution < -0.4 is 4.90 Å².